The molecule has 1 aliphatic heterocycles. The Bertz CT molecular complexity index is 461. The van der Waals surface area contributed by atoms with Crippen LogP contribution in [0.25, 0.3) is 0 Å². The Balaban J connectivity index is 2.42. The summed E-state index contributed by atoms with van der Waals surface area (Å²) in [5.74, 6) is -1.01. The number of carbonyl (C=O) groups excluding carboxylic acids is 1. The minimum atomic E-state index is -1.08. The molecule has 0 fully saturated rings. The van der Waals surface area contributed by atoms with Crippen molar-refractivity contribution in [2.75, 3.05) is 11.4 Å². The molecule has 1 aromatic carbocycles. The van der Waals surface area contributed by atoms with Crippen molar-refractivity contribution in [2.45, 2.75) is 12.6 Å². The van der Waals surface area contributed by atoms with Gasteiger partial charge in [0.25, 0.3) is 0 Å². The fourth-order valence-electron chi connectivity index (χ4n) is 1.71. The number of nitrogens with zero attached hydrogens (tertiary/aromatic N) is 1. The van der Waals surface area contributed by atoms with E-state index in [1.165, 1.54) is 4.90 Å². The van der Waals surface area contributed by atoms with Crippen LogP contribution >= 0.6 is 0 Å². The topological polar surface area (TPSA) is 92.9 Å². The molecule has 1 unspecified atom stereocenters. The van der Waals surface area contributed by atoms with Crippen molar-refractivity contribution in [3.05, 3.63) is 24.3 Å². The number of hydrogen-bond donors (Lipinski definition) is 2. The molecule has 3 N–H and O–H groups in total. The van der Waals surface area contributed by atoms with Crippen LogP contribution in [-0.4, -0.2) is 29.8 Å². The van der Waals surface area contributed by atoms with E-state index in [0.29, 0.717) is 11.4 Å². The molecule has 0 spiro atoms. The van der Waals surface area contributed by atoms with Gasteiger partial charge in [-0.05, 0) is 12.1 Å². The third kappa shape index (κ3) is 2.36. The molecular formula is C11H12N2O4. The van der Waals surface area contributed by atoms with Crippen molar-refractivity contribution in [1.29, 1.82) is 0 Å². The summed E-state index contributed by atoms with van der Waals surface area (Å²) in [7, 11) is 0. The lowest BCUT2D eigenvalue weighted by Crippen LogP contribution is -2.38. The molecule has 0 saturated heterocycles. The molecule has 0 aromatic heterocycles. The van der Waals surface area contributed by atoms with Gasteiger partial charge in [0.05, 0.1) is 12.1 Å². The summed E-state index contributed by atoms with van der Waals surface area (Å²) in [6.45, 7) is -0.397. The van der Waals surface area contributed by atoms with Crippen LogP contribution in [0.2, 0.25) is 0 Å². The second-order valence-electron chi connectivity index (χ2n) is 3.70. The highest BCUT2D eigenvalue weighted by Gasteiger charge is 2.28. The van der Waals surface area contributed by atoms with Gasteiger partial charge in [-0.2, -0.15) is 0 Å². The largest absolute Gasteiger partial charge is 0.480 e. The van der Waals surface area contributed by atoms with E-state index in [1.54, 1.807) is 24.3 Å². The van der Waals surface area contributed by atoms with Gasteiger partial charge in [0.15, 0.2) is 6.23 Å². The summed E-state index contributed by atoms with van der Waals surface area (Å²) >= 11 is 0. The van der Waals surface area contributed by atoms with Crippen LogP contribution in [0.4, 0.5) is 5.69 Å². The van der Waals surface area contributed by atoms with Gasteiger partial charge >= 0.3 is 5.97 Å². The molecule has 2 rings (SSSR count). The number of carboxylic acid groups (broad SMARTS) is 1. The van der Waals surface area contributed by atoms with Crippen molar-refractivity contribution < 1.29 is 19.4 Å². The van der Waals surface area contributed by atoms with Gasteiger partial charge in [-0.15, -0.1) is 0 Å². The van der Waals surface area contributed by atoms with Crippen LogP contribution in [0.1, 0.15) is 6.42 Å². The number of rotatable bonds is 2. The predicted molar refractivity (Wildman–Crippen MR) is 59.7 cm³/mol. The van der Waals surface area contributed by atoms with E-state index in [1.807, 2.05) is 0 Å². The lowest BCUT2D eigenvalue weighted by molar-refractivity contribution is -0.136. The normalized spacial score (nSPS) is 19.2. The zero-order valence-corrected chi connectivity index (χ0v) is 9.00. The molecule has 0 bridgehead atoms. The van der Waals surface area contributed by atoms with Crippen LogP contribution in [0, 0.1) is 0 Å². The van der Waals surface area contributed by atoms with Crippen LogP contribution in [-0.2, 0) is 9.59 Å². The number of hydrogen-bond acceptors (Lipinski definition) is 4. The molecule has 1 heterocycles. The Morgan fingerprint density at radius 1 is 1.53 bits per heavy atom. The standard InChI is InChI=1S/C11H12N2O4/c12-9-5-10(14)13(6-11(15)16)7-3-1-2-4-8(7)17-9/h1-4,9H,5-6,12H2,(H,15,16). The van der Waals surface area contributed by atoms with Gasteiger partial charge < -0.3 is 9.84 Å². The minimum absolute atomic E-state index is 0.0397. The van der Waals surface area contributed by atoms with E-state index >= 15 is 0 Å². The van der Waals surface area contributed by atoms with Gasteiger partial charge in [0.1, 0.15) is 12.3 Å². The number of ether oxygens (including phenoxy) is 1. The first-order chi connectivity index (χ1) is 8.08. The Kier molecular flexibility index (Phi) is 2.97. The van der Waals surface area contributed by atoms with Crippen LogP contribution in [0.5, 0.6) is 5.75 Å². The van der Waals surface area contributed by atoms with Gasteiger partial charge in [-0.3, -0.25) is 20.2 Å². The van der Waals surface area contributed by atoms with E-state index in [9.17, 15) is 9.59 Å². The summed E-state index contributed by atoms with van der Waals surface area (Å²) in [6, 6.07) is 6.73. The first-order valence-corrected chi connectivity index (χ1v) is 5.11. The van der Waals surface area contributed by atoms with Crippen molar-refractivity contribution in [1.82, 2.24) is 0 Å². The quantitative estimate of drug-likeness (QED) is 0.763. The van der Waals surface area contributed by atoms with E-state index < -0.39 is 18.7 Å². The smallest absolute Gasteiger partial charge is 0.323 e. The first-order valence-electron chi connectivity index (χ1n) is 5.11. The van der Waals surface area contributed by atoms with Gasteiger partial charge in [0, 0.05) is 0 Å². The molecule has 0 saturated carbocycles. The Morgan fingerprint density at radius 3 is 2.94 bits per heavy atom. The second kappa shape index (κ2) is 4.42. The van der Waals surface area contributed by atoms with Gasteiger partial charge in [-0.1, -0.05) is 12.1 Å². The molecule has 6 heteroatoms. The average molecular weight is 236 g/mol. The lowest BCUT2D eigenvalue weighted by atomic mass is 10.2. The number of fused-ring (bicyclic) bond motifs is 1. The molecule has 1 aliphatic rings. The molecule has 90 valence electrons. The van der Waals surface area contributed by atoms with E-state index in [2.05, 4.69) is 0 Å². The highest BCUT2D eigenvalue weighted by atomic mass is 16.5. The number of amides is 1. The third-order valence-electron chi connectivity index (χ3n) is 2.40. The van der Waals surface area contributed by atoms with Crippen LogP contribution in [0.3, 0.4) is 0 Å². The maximum atomic E-state index is 11.8. The number of benzene rings is 1. The molecule has 0 aliphatic carbocycles. The Labute approximate surface area is 97.6 Å². The highest BCUT2D eigenvalue weighted by molar-refractivity contribution is 5.99. The van der Waals surface area contributed by atoms with Crippen molar-refractivity contribution in [3.63, 3.8) is 0 Å². The maximum absolute atomic E-state index is 11.8. The fraction of sp³-hybridized carbons (Fsp3) is 0.273. The van der Waals surface area contributed by atoms with Crippen molar-refractivity contribution >= 4 is 17.6 Å². The number of carboxylic acids is 1. The van der Waals surface area contributed by atoms with Crippen molar-refractivity contribution in [2.24, 2.45) is 5.73 Å². The zero-order valence-electron chi connectivity index (χ0n) is 9.00. The van der Waals surface area contributed by atoms with Crippen molar-refractivity contribution in [3.8, 4) is 5.75 Å². The average Bonchev–Trinajstić information content (AvgIpc) is 2.36. The summed E-state index contributed by atoms with van der Waals surface area (Å²) in [6.07, 6.45) is -0.787. The third-order valence-corrected chi connectivity index (χ3v) is 2.40. The van der Waals surface area contributed by atoms with Gasteiger partial charge in [0.2, 0.25) is 5.91 Å². The SMILES string of the molecule is NC1CC(=O)N(CC(=O)O)c2ccccc2O1. The molecule has 0 radical (unpaired) electrons. The number of nitrogens with two attached hydrogens (primary N) is 1. The second-order valence-corrected chi connectivity index (χ2v) is 3.70. The number of carbonyl (C=O) groups is 2. The van der Waals surface area contributed by atoms with Crippen LogP contribution in [0.15, 0.2) is 24.3 Å². The molecular weight excluding hydrogens is 224 g/mol. The Morgan fingerprint density at radius 2 is 2.24 bits per heavy atom. The fourth-order valence-corrected chi connectivity index (χ4v) is 1.71. The lowest BCUT2D eigenvalue weighted by Gasteiger charge is -2.19. The van der Waals surface area contributed by atoms with Crippen LogP contribution < -0.4 is 15.4 Å². The molecule has 17 heavy (non-hydrogen) atoms. The monoisotopic (exact) mass is 236 g/mol. The summed E-state index contributed by atoms with van der Waals surface area (Å²) in [4.78, 5) is 23.7. The summed E-state index contributed by atoms with van der Waals surface area (Å²) in [5.41, 5.74) is 6.05. The van der Waals surface area contributed by atoms with E-state index in [-0.39, 0.29) is 12.3 Å². The van der Waals surface area contributed by atoms with E-state index in [0.717, 1.165) is 0 Å². The molecule has 1 aromatic rings. The van der Waals surface area contributed by atoms with Gasteiger partial charge in [-0.25, -0.2) is 0 Å². The number of aliphatic carboxylic acids is 1. The first kappa shape index (κ1) is 11.4. The Hall–Kier alpha value is -2.08. The number of anilines is 1. The summed E-state index contributed by atoms with van der Waals surface area (Å²) < 4.78 is 5.36. The molecule has 1 atom stereocenters. The summed E-state index contributed by atoms with van der Waals surface area (Å²) in [5, 5.41) is 8.80. The molecule has 1 amide bonds. The number of para-hydroxylation sites is 2. The molecule has 6 nitrogen and oxygen atoms in total. The predicted octanol–water partition coefficient (Wildman–Crippen LogP) is 0.171. The van der Waals surface area contributed by atoms with E-state index in [4.69, 9.17) is 15.6 Å². The highest BCUT2D eigenvalue weighted by Crippen LogP contribution is 2.31. The maximum Gasteiger partial charge on any atom is 0.323 e. The zero-order chi connectivity index (χ0) is 12.4. The minimum Gasteiger partial charge on any atom is -0.480 e.